The van der Waals surface area contributed by atoms with Crippen molar-refractivity contribution in [2.45, 2.75) is 32.2 Å². The number of halogens is 1. The highest BCUT2D eigenvalue weighted by molar-refractivity contribution is 7.08. The van der Waals surface area contributed by atoms with Gasteiger partial charge in [-0.2, -0.15) is 11.3 Å². The van der Waals surface area contributed by atoms with Gasteiger partial charge >= 0.3 is 0 Å². The van der Waals surface area contributed by atoms with E-state index in [1.54, 1.807) is 11.3 Å². The van der Waals surface area contributed by atoms with Gasteiger partial charge in [0.1, 0.15) is 0 Å². The van der Waals surface area contributed by atoms with Crippen molar-refractivity contribution in [1.82, 2.24) is 5.32 Å². The summed E-state index contributed by atoms with van der Waals surface area (Å²) >= 11 is 1.57. The Morgan fingerprint density at radius 3 is 2.88 bits per heavy atom. The molecule has 17 heavy (non-hydrogen) atoms. The van der Waals surface area contributed by atoms with Crippen molar-refractivity contribution in [3.63, 3.8) is 0 Å². The van der Waals surface area contributed by atoms with Crippen LogP contribution < -0.4 is 11.1 Å². The van der Waals surface area contributed by atoms with Gasteiger partial charge in [-0.3, -0.25) is 4.79 Å². The van der Waals surface area contributed by atoms with Gasteiger partial charge < -0.3 is 11.1 Å². The van der Waals surface area contributed by atoms with E-state index >= 15 is 0 Å². The van der Waals surface area contributed by atoms with Gasteiger partial charge in [0.15, 0.2) is 0 Å². The van der Waals surface area contributed by atoms with Gasteiger partial charge in [-0.1, -0.05) is 6.42 Å². The molecule has 2 rings (SSSR count). The third-order valence-electron chi connectivity index (χ3n) is 3.38. The quantitative estimate of drug-likeness (QED) is 0.889. The van der Waals surface area contributed by atoms with Crippen LogP contribution in [0.3, 0.4) is 0 Å². The van der Waals surface area contributed by atoms with Crippen LogP contribution in [0.1, 0.15) is 35.2 Å². The first-order chi connectivity index (χ1) is 7.72. The Kier molecular flexibility index (Phi) is 5.43. The summed E-state index contributed by atoms with van der Waals surface area (Å²) in [6.07, 6.45) is 3.39. The number of hydrogen-bond donors (Lipinski definition) is 2. The third-order valence-corrected chi connectivity index (χ3v) is 4.24. The van der Waals surface area contributed by atoms with Crippen LogP contribution in [0.25, 0.3) is 0 Å². The van der Waals surface area contributed by atoms with Crippen molar-refractivity contribution in [2.75, 3.05) is 6.54 Å². The summed E-state index contributed by atoms with van der Waals surface area (Å²) in [4.78, 5) is 12.0. The van der Waals surface area contributed by atoms with E-state index in [0.29, 0.717) is 12.5 Å². The minimum atomic E-state index is 0. The van der Waals surface area contributed by atoms with E-state index in [0.717, 1.165) is 24.0 Å². The first-order valence-electron chi connectivity index (χ1n) is 5.76. The lowest BCUT2D eigenvalue weighted by molar-refractivity contribution is 0.0928. The average Bonchev–Trinajstić information content (AvgIpc) is 2.86. The minimum absolute atomic E-state index is 0. The van der Waals surface area contributed by atoms with Crippen molar-refractivity contribution in [3.05, 3.63) is 21.9 Å². The number of carbonyl (C=O) groups is 1. The molecule has 1 aromatic rings. The zero-order valence-electron chi connectivity index (χ0n) is 9.94. The number of nitrogens with one attached hydrogen (secondary N) is 1. The molecule has 2 atom stereocenters. The maximum atomic E-state index is 12.0. The third kappa shape index (κ3) is 3.21. The highest BCUT2D eigenvalue weighted by Crippen LogP contribution is 2.25. The first kappa shape index (κ1) is 14.5. The molecule has 0 spiro atoms. The Labute approximate surface area is 112 Å². The van der Waals surface area contributed by atoms with Crippen molar-refractivity contribution < 1.29 is 4.79 Å². The molecule has 1 aliphatic rings. The van der Waals surface area contributed by atoms with E-state index in [2.05, 4.69) is 5.32 Å². The molecular weight excluding hydrogens is 256 g/mol. The van der Waals surface area contributed by atoms with Gasteiger partial charge in [0.05, 0.1) is 5.56 Å². The number of carbonyl (C=O) groups excluding carboxylic acids is 1. The maximum Gasteiger partial charge on any atom is 0.252 e. The van der Waals surface area contributed by atoms with Crippen LogP contribution in [-0.4, -0.2) is 18.5 Å². The molecule has 1 heterocycles. The first-order valence-corrected chi connectivity index (χ1v) is 6.70. The summed E-state index contributed by atoms with van der Waals surface area (Å²) in [5.74, 6) is 0.520. The number of rotatable bonds is 3. The zero-order valence-corrected chi connectivity index (χ0v) is 11.6. The van der Waals surface area contributed by atoms with E-state index in [1.807, 2.05) is 17.7 Å². The SMILES string of the molecule is Cc1cscc1C(=O)NC1CCCC1CN.Cl. The molecule has 0 bridgehead atoms. The van der Waals surface area contributed by atoms with Crippen molar-refractivity contribution >= 4 is 29.7 Å². The second kappa shape index (κ2) is 6.38. The maximum absolute atomic E-state index is 12.0. The predicted molar refractivity (Wildman–Crippen MR) is 74.0 cm³/mol. The van der Waals surface area contributed by atoms with E-state index in [1.165, 1.54) is 6.42 Å². The molecule has 1 aliphatic carbocycles. The predicted octanol–water partition coefficient (Wildman–Crippen LogP) is 2.34. The Hall–Kier alpha value is -0.580. The molecule has 96 valence electrons. The number of hydrogen-bond acceptors (Lipinski definition) is 3. The molecule has 0 aliphatic heterocycles. The fraction of sp³-hybridized carbons (Fsp3) is 0.583. The van der Waals surface area contributed by atoms with Crippen LogP contribution >= 0.6 is 23.7 Å². The van der Waals surface area contributed by atoms with Crippen LogP contribution in [-0.2, 0) is 0 Å². The highest BCUT2D eigenvalue weighted by Gasteiger charge is 2.27. The molecule has 5 heteroatoms. The summed E-state index contributed by atoms with van der Waals surface area (Å²) in [5, 5.41) is 7.03. The molecule has 0 saturated heterocycles. The van der Waals surface area contributed by atoms with Crippen LogP contribution in [0.15, 0.2) is 10.8 Å². The summed E-state index contributed by atoms with van der Waals surface area (Å²) in [6.45, 7) is 2.65. The lowest BCUT2D eigenvalue weighted by Gasteiger charge is -2.19. The van der Waals surface area contributed by atoms with Crippen molar-refractivity contribution in [1.29, 1.82) is 0 Å². The second-order valence-corrected chi connectivity index (χ2v) is 5.22. The second-order valence-electron chi connectivity index (χ2n) is 4.48. The molecule has 1 saturated carbocycles. The Morgan fingerprint density at radius 2 is 2.29 bits per heavy atom. The van der Waals surface area contributed by atoms with Crippen molar-refractivity contribution in [2.24, 2.45) is 11.7 Å². The van der Waals surface area contributed by atoms with Gasteiger partial charge in [-0.05, 0) is 43.2 Å². The van der Waals surface area contributed by atoms with Gasteiger partial charge in [0, 0.05) is 11.4 Å². The fourth-order valence-electron chi connectivity index (χ4n) is 2.35. The average molecular weight is 275 g/mol. The topological polar surface area (TPSA) is 55.1 Å². The molecule has 1 amide bonds. The van der Waals surface area contributed by atoms with Gasteiger partial charge in [0.25, 0.3) is 5.91 Å². The molecule has 2 unspecified atom stereocenters. The monoisotopic (exact) mass is 274 g/mol. The molecule has 0 aromatic carbocycles. The molecule has 3 nitrogen and oxygen atoms in total. The summed E-state index contributed by atoms with van der Waals surface area (Å²) in [6, 6.07) is 0.275. The molecular formula is C12H19ClN2OS. The normalized spacial score (nSPS) is 23.2. The van der Waals surface area contributed by atoms with E-state index < -0.39 is 0 Å². The summed E-state index contributed by atoms with van der Waals surface area (Å²) < 4.78 is 0. The number of thiophene rings is 1. The number of aryl methyl sites for hydroxylation is 1. The van der Waals surface area contributed by atoms with E-state index in [9.17, 15) is 4.79 Å². The molecule has 0 radical (unpaired) electrons. The number of amides is 1. The van der Waals surface area contributed by atoms with Crippen LogP contribution in [0, 0.1) is 12.8 Å². The van der Waals surface area contributed by atoms with Crippen molar-refractivity contribution in [3.8, 4) is 0 Å². The van der Waals surface area contributed by atoms with Crippen LogP contribution in [0.2, 0.25) is 0 Å². The summed E-state index contributed by atoms with van der Waals surface area (Å²) in [5.41, 5.74) is 7.57. The standard InChI is InChI=1S/C12H18N2OS.ClH/c1-8-6-16-7-10(8)12(15)14-11-4-2-3-9(11)5-13;/h6-7,9,11H,2-5,13H2,1H3,(H,14,15);1H. The smallest absolute Gasteiger partial charge is 0.252 e. The Morgan fingerprint density at radius 1 is 1.53 bits per heavy atom. The largest absolute Gasteiger partial charge is 0.349 e. The molecule has 3 N–H and O–H groups in total. The lowest BCUT2D eigenvalue weighted by Crippen LogP contribution is -2.39. The minimum Gasteiger partial charge on any atom is -0.349 e. The Bertz CT molecular complexity index is 380. The van der Waals surface area contributed by atoms with E-state index in [4.69, 9.17) is 5.73 Å². The van der Waals surface area contributed by atoms with Crippen LogP contribution in [0.4, 0.5) is 0 Å². The van der Waals surface area contributed by atoms with Gasteiger partial charge in [0.2, 0.25) is 0 Å². The Balaban J connectivity index is 0.00000144. The highest BCUT2D eigenvalue weighted by atomic mass is 35.5. The number of nitrogens with two attached hydrogens (primary N) is 1. The van der Waals surface area contributed by atoms with Gasteiger partial charge in [-0.15, -0.1) is 12.4 Å². The fourth-order valence-corrected chi connectivity index (χ4v) is 3.18. The summed E-state index contributed by atoms with van der Waals surface area (Å²) in [7, 11) is 0. The van der Waals surface area contributed by atoms with E-state index in [-0.39, 0.29) is 24.4 Å². The molecule has 1 fully saturated rings. The molecule has 1 aromatic heterocycles. The van der Waals surface area contributed by atoms with Gasteiger partial charge in [-0.25, -0.2) is 0 Å². The zero-order chi connectivity index (χ0) is 11.5. The lowest BCUT2D eigenvalue weighted by atomic mass is 10.0. The van der Waals surface area contributed by atoms with Crippen LogP contribution in [0.5, 0.6) is 0 Å².